The molecule has 0 N–H and O–H groups in total. The molecule has 0 fully saturated rings. The minimum Gasteiger partial charge on any atom is -0.344 e. The first-order valence-corrected chi connectivity index (χ1v) is 16.1. The minimum absolute atomic E-state index is 1.32. The highest BCUT2D eigenvalue weighted by Gasteiger charge is 2.41. The van der Waals surface area contributed by atoms with Crippen LogP contribution in [0.15, 0.2) is 78.9 Å². The lowest BCUT2D eigenvalue weighted by Crippen LogP contribution is -2.49. The van der Waals surface area contributed by atoms with E-state index in [0.29, 0.717) is 0 Å². The third-order valence-electron chi connectivity index (χ3n) is 8.65. The fourth-order valence-corrected chi connectivity index (χ4v) is 11.8. The molecule has 0 amide bonds. The van der Waals surface area contributed by atoms with Gasteiger partial charge in [-0.25, -0.2) is 0 Å². The Labute approximate surface area is 207 Å². The van der Waals surface area contributed by atoms with Crippen LogP contribution >= 0.6 is 11.3 Å². The zero-order valence-electron chi connectivity index (χ0n) is 19.8. The second-order valence-corrected chi connectivity index (χ2v) is 15.9. The quantitative estimate of drug-likeness (QED) is 0.200. The molecule has 9 rings (SSSR count). The molecule has 0 bridgehead atoms. The second kappa shape index (κ2) is 5.78. The van der Waals surface area contributed by atoms with Crippen LogP contribution in [0, 0.1) is 0 Å². The molecule has 0 aliphatic carbocycles. The lowest BCUT2D eigenvalue weighted by atomic mass is 10.0. The molecule has 0 radical (unpaired) electrons. The summed E-state index contributed by atoms with van der Waals surface area (Å²) in [5, 5.41) is 11.6. The van der Waals surface area contributed by atoms with E-state index in [2.05, 4.69) is 108 Å². The van der Waals surface area contributed by atoms with Crippen LogP contribution in [0.1, 0.15) is 0 Å². The van der Waals surface area contributed by atoms with Crippen molar-refractivity contribution in [3.8, 4) is 11.3 Å². The van der Waals surface area contributed by atoms with Crippen molar-refractivity contribution in [3.63, 3.8) is 0 Å². The number of hydrogen-bond acceptors (Lipinski definition) is 1. The van der Waals surface area contributed by atoms with Crippen LogP contribution in [-0.4, -0.2) is 17.0 Å². The molecule has 1 aliphatic heterocycles. The maximum Gasteiger partial charge on any atom is 0.116 e. The van der Waals surface area contributed by atoms with Crippen LogP contribution in [0.4, 0.5) is 0 Å². The van der Waals surface area contributed by atoms with Crippen LogP contribution in [0.5, 0.6) is 0 Å². The predicted molar refractivity (Wildman–Crippen MR) is 155 cm³/mol. The van der Waals surface area contributed by atoms with E-state index in [-0.39, 0.29) is 0 Å². The first kappa shape index (κ1) is 18.7. The van der Waals surface area contributed by atoms with E-state index < -0.39 is 8.07 Å². The summed E-state index contributed by atoms with van der Waals surface area (Å²) in [6, 6.07) is 29.8. The first-order valence-electron chi connectivity index (χ1n) is 12.3. The van der Waals surface area contributed by atoms with Crippen molar-refractivity contribution in [2.75, 3.05) is 0 Å². The summed E-state index contributed by atoms with van der Waals surface area (Å²) in [4.78, 5) is 1.38. The van der Waals surface area contributed by atoms with Crippen LogP contribution in [0.2, 0.25) is 13.1 Å². The van der Waals surface area contributed by atoms with Crippen LogP contribution in [0.3, 0.4) is 0 Å². The number of rotatable bonds is 0. The molecule has 0 saturated heterocycles. The predicted octanol–water partition coefficient (Wildman–Crippen LogP) is 7.35. The summed E-state index contributed by atoms with van der Waals surface area (Å²) >= 11 is 1.95. The molecule has 0 spiro atoms. The van der Waals surface area contributed by atoms with E-state index in [4.69, 9.17) is 0 Å². The molecule has 2 nitrogen and oxygen atoms in total. The Kier molecular flexibility index (Phi) is 3.09. The Morgan fingerprint density at radius 1 is 0.686 bits per heavy atom. The third-order valence-corrected chi connectivity index (χ3v) is 13.3. The van der Waals surface area contributed by atoms with E-state index in [1.807, 2.05) is 11.3 Å². The summed E-state index contributed by atoms with van der Waals surface area (Å²) in [6.45, 7) is 5.10. The van der Waals surface area contributed by atoms with Crippen molar-refractivity contribution >= 4 is 88.2 Å². The van der Waals surface area contributed by atoms with Crippen molar-refractivity contribution in [2.24, 2.45) is 7.05 Å². The number of nitrogens with zero attached hydrogens (tertiary/aromatic N) is 2. The third kappa shape index (κ3) is 1.91. The van der Waals surface area contributed by atoms with E-state index in [1.165, 1.54) is 69.7 Å². The Morgan fingerprint density at radius 2 is 1.46 bits per heavy atom. The highest BCUT2D eigenvalue weighted by atomic mass is 32.1. The average Bonchev–Trinajstić information content (AvgIpc) is 3.52. The van der Waals surface area contributed by atoms with Gasteiger partial charge in [-0.1, -0.05) is 73.8 Å². The molecule has 4 aromatic heterocycles. The molecule has 0 unspecified atom stereocenters. The summed E-state index contributed by atoms with van der Waals surface area (Å²) in [6.07, 6.45) is 0. The molecule has 0 saturated carbocycles. The van der Waals surface area contributed by atoms with Crippen molar-refractivity contribution in [1.82, 2.24) is 8.97 Å². The molecule has 4 aromatic carbocycles. The van der Waals surface area contributed by atoms with E-state index in [9.17, 15) is 0 Å². The molecular formula is C31H22N2SSi. The maximum absolute atomic E-state index is 2.67. The summed E-state index contributed by atoms with van der Waals surface area (Å²) in [5.74, 6) is 0. The van der Waals surface area contributed by atoms with Gasteiger partial charge in [-0.2, -0.15) is 0 Å². The molecule has 1 aliphatic rings. The van der Waals surface area contributed by atoms with E-state index in [1.54, 1.807) is 10.4 Å². The Morgan fingerprint density at radius 3 is 2.37 bits per heavy atom. The van der Waals surface area contributed by atoms with Crippen LogP contribution in [0.25, 0.3) is 69.7 Å². The molecule has 35 heavy (non-hydrogen) atoms. The maximum atomic E-state index is 2.67. The fraction of sp³-hybridized carbons (Fsp3) is 0.0968. The van der Waals surface area contributed by atoms with Crippen molar-refractivity contribution in [1.29, 1.82) is 0 Å². The normalized spacial score (nSPS) is 14.9. The molecule has 5 heterocycles. The van der Waals surface area contributed by atoms with Gasteiger partial charge < -0.3 is 4.57 Å². The van der Waals surface area contributed by atoms with Gasteiger partial charge in [-0.3, -0.25) is 4.40 Å². The summed E-state index contributed by atoms with van der Waals surface area (Å²) < 4.78 is 6.44. The van der Waals surface area contributed by atoms with E-state index in [0.717, 1.165) is 0 Å². The standard InChI is InChI=1S/C31H22N2SSi/c1-32-21-12-8-11-20-26(21)27-22(32)16-15-19-25-17-9-4-6-13-23(17)34-31(25)33(28(19)27)29-18-10-5-7-14-24(18)35(2,3)30(20)29/h4-16H,1-3H3. The van der Waals surface area contributed by atoms with Gasteiger partial charge in [-0.15, -0.1) is 11.3 Å². The van der Waals surface area contributed by atoms with Crippen molar-refractivity contribution in [2.45, 2.75) is 13.1 Å². The van der Waals surface area contributed by atoms with Gasteiger partial charge in [0.25, 0.3) is 0 Å². The van der Waals surface area contributed by atoms with E-state index >= 15 is 0 Å². The van der Waals surface area contributed by atoms with Gasteiger partial charge in [0.1, 0.15) is 12.9 Å². The SMILES string of the molecule is Cn1c2cccc3c4c(n5c6sc7ccccc7c6c6ccc1c(c32)c65)-c1ccccc1[Si]4(C)C. The highest BCUT2D eigenvalue weighted by Crippen LogP contribution is 2.48. The van der Waals surface area contributed by atoms with Gasteiger partial charge in [0.15, 0.2) is 0 Å². The Hall–Kier alpha value is -3.60. The highest BCUT2D eigenvalue weighted by molar-refractivity contribution is 7.25. The van der Waals surface area contributed by atoms with Gasteiger partial charge in [0.05, 0.1) is 16.7 Å². The summed E-state index contributed by atoms with van der Waals surface area (Å²) in [5.41, 5.74) is 6.91. The lowest BCUT2D eigenvalue weighted by molar-refractivity contribution is 1.01. The number of hydrogen-bond donors (Lipinski definition) is 0. The van der Waals surface area contributed by atoms with Gasteiger partial charge in [-0.05, 0) is 39.5 Å². The van der Waals surface area contributed by atoms with Crippen LogP contribution < -0.4 is 10.4 Å². The lowest BCUT2D eigenvalue weighted by Gasteiger charge is -2.19. The molecule has 166 valence electrons. The van der Waals surface area contributed by atoms with Crippen LogP contribution in [-0.2, 0) is 7.05 Å². The van der Waals surface area contributed by atoms with Crippen molar-refractivity contribution < 1.29 is 0 Å². The zero-order chi connectivity index (χ0) is 23.2. The van der Waals surface area contributed by atoms with Gasteiger partial charge >= 0.3 is 0 Å². The number of aromatic nitrogens is 2. The summed E-state index contributed by atoms with van der Waals surface area (Å²) in [7, 11) is 0.292. The minimum atomic E-state index is -1.94. The monoisotopic (exact) mass is 482 g/mol. The smallest absolute Gasteiger partial charge is 0.116 e. The Bertz CT molecular complexity index is 2200. The largest absolute Gasteiger partial charge is 0.344 e. The number of aryl methyl sites for hydroxylation is 1. The number of benzene rings is 4. The molecular weight excluding hydrogens is 461 g/mol. The topological polar surface area (TPSA) is 9.34 Å². The molecule has 8 aromatic rings. The molecule has 4 heteroatoms. The average molecular weight is 483 g/mol. The van der Waals surface area contributed by atoms with Gasteiger partial charge in [0, 0.05) is 44.2 Å². The molecule has 0 atom stereocenters. The zero-order valence-corrected chi connectivity index (χ0v) is 21.6. The number of thiophene rings is 1. The Balaban J connectivity index is 1.75. The number of fused-ring (bicyclic) bond motifs is 10. The van der Waals surface area contributed by atoms with Gasteiger partial charge in [0.2, 0.25) is 0 Å². The fourth-order valence-electron chi connectivity index (χ4n) is 7.22. The first-order chi connectivity index (χ1) is 17.1. The second-order valence-electron chi connectivity index (χ2n) is 10.6. The van der Waals surface area contributed by atoms with Crippen molar-refractivity contribution in [3.05, 3.63) is 78.9 Å².